The van der Waals surface area contributed by atoms with Crippen molar-refractivity contribution in [2.75, 3.05) is 25.1 Å². The molecule has 0 bridgehead atoms. The van der Waals surface area contributed by atoms with Crippen molar-refractivity contribution in [2.24, 2.45) is 0 Å². The predicted octanol–water partition coefficient (Wildman–Crippen LogP) is 0.944. The van der Waals surface area contributed by atoms with E-state index in [1.807, 2.05) is 0 Å². The van der Waals surface area contributed by atoms with E-state index in [-0.39, 0.29) is 23.5 Å². The van der Waals surface area contributed by atoms with Gasteiger partial charge >= 0.3 is 0 Å². The zero-order valence-corrected chi connectivity index (χ0v) is 13.1. The van der Waals surface area contributed by atoms with E-state index in [1.165, 1.54) is 19.3 Å². The van der Waals surface area contributed by atoms with Crippen molar-refractivity contribution in [3.63, 3.8) is 0 Å². The van der Waals surface area contributed by atoms with Crippen LogP contribution in [0.2, 0.25) is 0 Å². The molecule has 2 aliphatic heterocycles. The highest BCUT2D eigenvalue weighted by Gasteiger charge is 2.25. The Kier molecular flexibility index (Phi) is 5.43. The lowest BCUT2D eigenvalue weighted by molar-refractivity contribution is -0.122. The van der Waals surface area contributed by atoms with E-state index in [9.17, 15) is 13.2 Å². The number of piperidine rings is 1. The molecule has 116 valence electrons. The second-order valence-electron chi connectivity index (χ2n) is 6.16. The lowest BCUT2D eigenvalue weighted by Gasteiger charge is -2.32. The minimum absolute atomic E-state index is 0.0510. The minimum atomic E-state index is -2.85. The van der Waals surface area contributed by atoms with Crippen molar-refractivity contribution in [1.29, 1.82) is 0 Å². The summed E-state index contributed by atoms with van der Waals surface area (Å²) in [5, 5.41) is 2.99. The Morgan fingerprint density at radius 3 is 2.55 bits per heavy atom. The SMILES string of the molecule is CN1CCCCC1CCC(=O)NC1CCS(=O)(=O)CC1. The van der Waals surface area contributed by atoms with Crippen molar-refractivity contribution in [3.8, 4) is 0 Å². The Labute approximate surface area is 122 Å². The molecule has 0 spiro atoms. The lowest BCUT2D eigenvalue weighted by atomic mass is 9.98. The monoisotopic (exact) mass is 302 g/mol. The first-order valence-corrected chi connectivity index (χ1v) is 9.48. The van der Waals surface area contributed by atoms with Gasteiger partial charge in [-0.05, 0) is 45.7 Å². The van der Waals surface area contributed by atoms with E-state index in [0.717, 1.165) is 13.0 Å². The zero-order valence-electron chi connectivity index (χ0n) is 12.3. The first-order chi connectivity index (χ1) is 9.46. The number of sulfone groups is 1. The topological polar surface area (TPSA) is 66.5 Å². The molecule has 6 heteroatoms. The van der Waals surface area contributed by atoms with E-state index >= 15 is 0 Å². The van der Waals surface area contributed by atoms with Crippen LogP contribution in [0.5, 0.6) is 0 Å². The van der Waals surface area contributed by atoms with Gasteiger partial charge in [-0.3, -0.25) is 4.79 Å². The molecule has 2 aliphatic rings. The van der Waals surface area contributed by atoms with Gasteiger partial charge in [-0.2, -0.15) is 0 Å². The molecule has 0 saturated carbocycles. The summed E-state index contributed by atoms with van der Waals surface area (Å²) >= 11 is 0. The average Bonchev–Trinajstić information content (AvgIpc) is 2.40. The smallest absolute Gasteiger partial charge is 0.220 e. The van der Waals surface area contributed by atoms with Gasteiger partial charge in [0.05, 0.1) is 11.5 Å². The third kappa shape index (κ3) is 4.74. The summed E-state index contributed by atoms with van der Waals surface area (Å²) < 4.78 is 22.7. The van der Waals surface area contributed by atoms with Crippen LogP contribution >= 0.6 is 0 Å². The maximum Gasteiger partial charge on any atom is 0.220 e. The number of likely N-dealkylation sites (tertiary alicyclic amines) is 1. The van der Waals surface area contributed by atoms with Crippen molar-refractivity contribution < 1.29 is 13.2 Å². The molecule has 1 atom stereocenters. The van der Waals surface area contributed by atoms with E-state index in [4.69, 9.17) is 0 Å². The molecule has 1 N–H and O–H groups in total. The van der Waals surface area contributed by atoms with Crippen LogP contribution in [-0.2, 0) is 14.6 Å². The van der Waals surface area contributed by atoms with Gasteiger partial charge in [0.2, 0.25) is 5.91 Å². The van der Waals surface area contributed by atoms with Crippen LogP contribution in [0.25, 0.3) is 0 Å². The van der Waals surface area contributed by atoms with Crippen LogP contribution < -0.4 is 5.32 Å². The maximum atomic E-state index is 11.9. The van der Waals surface area contributed by atoms with Gasteiger partial charge in [0.25, 0.3) is 0 Å². The minimum Gasteiger partial charge on any atom is -0.353 e. The predicted molar refractivity (Wildman–Crippen MR) is 79.3 cm³/mol. The van der Waals surface area contributed by atoms with Gasteiger partial charge in [-0.1, -0.05) is 6.42 Å². The highest BCUT2D eigenvalue weighted by molar-refractivity contribution is 7.91. The second kappa shape index (κ2) is 6.89. The second-order valence-corrected chi connectivity index (χ2v) is 8.47. The fourth-order valence-corrected chi connectivity index (χ4v) is 4.63. The van der Waals surface area contributed by atoms with E-state index in [2.05, 4.69) is 17.3 Å². The summed E-state index contributed by atoms with van der Waals surface area (Å²) in [6.45, 7) is 1.13. The first kappa shape index (κ1) is 15.8. The number of nitrogens with one attached hydrogen (secondary N) is 1. The van der Waals surface area contributed by atoms with E-state index in [0.29, 0.717) is 25.3 Å². The van der Waals surface area contributed by atoms with E-state index in [1.54, 1.807) is 0 Å². The number of carbonyl (C=O) groups is 1. The molecule has 0 aliphatic carbocycles. The summed E-state index contributed by atoms with van der Waals surface area (Å²) in [6.07, 6.45) is 6.30. The highest BCUT2D eigenvalue weighted by atomic mass is 32.2. The van der Waals surface area contributed by atoms with Crippen molar-refractivity contribution in [3.05, 3.63) is 0 Å². The zero-order chi connectivity index (χ0) is 14.6. The Bertz CT molecular complexity index is 422. The molecule has 0 aromatic heterocycles. The summed E-state index contributed by atoms with van der Waals surface area (Å²) in [5.41, 5.74) is 0. The van der Waals surface area contributed by atoms with Gasteiger partial charge in [0.15, 0.2) is 0 Å². The van der Waals surface area contributed by atoms with Crippen LogP contribution in [0.1, 0.15) is 44.9 Å². The van der Waals surface area contributed by atoms with Crippen LogP contribution in [-0.4, -0.2) is 56.4 Å². The molecule has 2 saturated heterocycles. The van der Waals surface area contributed by atoms with E-state index < -0.39 is 9.84 Å². The fraction of sp³-hybridized carbons (Fsp3) is 0.929. The van der Waals surface area contributed by atoms with Gasteiger partial charge in [-0.25, -0.2) is 8.42 Å². The number of carbonyl (C=O) groups excluding carboxylic acids is 1. The maximum absolute atomic E-state index is 11.9. The summed E-state index contributed by atoms with van der Waals surface area (Å²) in [5.74, 6) is 0.500. The van der Waals surface area contributed by atoms with Gasteiger partial charge in [0.1, 0.15) is 9.84 Å². The number of nitrogens with zero attached hydrogens (tertiary/aromatic N) is 1. The number of rotatable bonds is 4. The average molecular weight is 302 g/mol. The molecule has 5 nitrogen and oxygen atoms in total. The molecule has 1 unspecified atom stereocenters. The number of amides is 1. The van der Waals surface area contributed by atoms with Crippen LogP contribution in [0.4, 0.5) is 0 Å². The Hall–Kier alpha value is -0.620. The summed E-state index contributed by atoms with van der Waals surface area (Å²) in [4.78, 5) is 14.3. The lowest BCUT2D eigenvalue weighted by Crippen LogP contribution is -2.42. The highest BCUT2D eigenvalue weighted by Crippen LogP contribution is 2.19. The fourth-order valence-electron chi connectivity index (χ4n) is 3.14. The van der Waals surface area contributed by atoms with Crippen LogP contribution in [0, 0.1) is 0 Å². The van der Waals surface area contributed by atoms with Crippen LogP contribution in [0.15, 0.2) is 0 Å². The van der Waals surface area contributed by atoms with Crippen molar-refractivity contribution in [1.82, 2.24) is 10.2 Å². The number of hydrogen-bond donors (Lipinski definition) is 1. The summed E-state index contributed by atoms with van der Waals surface area (Å²) in [7, 11) is -0.713. The summed E-state index contributed by atoms with van der Waals surface area (Å²) in [6, 6.07) is 0.580. The molecule has 0 aromatic carbocycles. The van der Waals surface area contributed by atoms with Gasteiger partial charge in [0, 0.05) is 18.5 Å². The Morgan fingerprint density at radius 2 is 1.90 bits per heavy atom. The first-order valence-electron chi connectivity index (χ1n) is 7.66. The largest absolute Gasteiger partial charge is 0.353 e. The van der Waals surface area contributed by atoms with Crippen molar-refractivity contribution in [2.45, 2.75) is 57.0 Å². The van der Waals surface area contributed by atoms with Gasteiger partial charge < -0.3 is 10.2 Å². The molecular weight excluding hydrogens is 276 g/mol. The Morgan fingerprint density at radius 1 is 1.20 bits per heavy atom. The molecule has 0 radical (unpaired) electrons. The molecule has 1 amide bonds. The molecule has 2 rings (SSSR count). The van der Waals surface area contributed by atoms with Crippen molar-refractivity contribution >= 4 is 15.7 Å². The molecule has 2 fully saturated rings. The third-order valence-corrected chi connectivity index (χ3v) is 6.26. The molecule has 2 heterocycles. The molecular formula is C14H26N2O3S. The van der Waals surface area contributed by atoms with Gasteiger partial charge in [-0.15, -0.1) is 0 Å². The third-order valence-electron chi connectivity index (χ3n) is 4.55. The molecule has 20 heavy (non-hydrogen) atoms. The normalized spacial score (nSPS) is 28.1. The Balaban J connectivity index is 1.68. The quantitative estimate of drug-likeness (QED) is 0.839. The molecule has 0 aromatic rings. The number of hydrogen-bond acceptors (Lipinski definition) is 4. The standard InChI is InChI=1S/C14H26N2O3S/c1-16-9-3-2-4-13(16)5-6-14(17)15-12-7-10-20(18,19)11-8-12/h12-13H,2-11H2,1H3,(H,15,17). The van der Waals surface area contributed by atoms with Crippen LogP contribution in [0.3, 0.4) is 0 Å².